The molecule has 1 aromatic carbocycles. The second-order valence-electron chi connectivity index (χ2n) is 3.71. The Morgan fingerprint density at radius 2 is 2.12 bits per heavy atom. The average molecular weight is 225 g/mol. The highest BCUT2D eigenvalue weighted by molar-refractivity contribution is 5.84. The second kappa shape index (κ2) is 3.90. The van der Waals surface area contributed by atoms with Crippen LogP contribution in [0.25, 0.3) is 22.2 Å². The van der Waals surface area contributed by atoms with Gasteiger partial charge in [-0.05, 0) is 23.6 Å². The molecule has 0 saturated heterocycles. The van der Waals surface area contributed by atoms with Crippen LogP contribution in [0.4, 0.5) is 0 Å². The smallest absolute Gasteiger partial charge is 0.316 e. The number of benzene rings is 1. The minimum atomic E-state index is 0.383. The molecule has 3 rings (SSSR count). The fourth-order valence-corrected chi connectivity index (χ4v) is 1.81. The van der Waals surface area contributed by atoms with E-state index in [1.807, 2.05) is 24.4 Å². The maximum atomic E-state index is 5.02. The molecule has 2 heterocycles. The molecule has 17 heavy (non-hydrogen) atoms. The first-order valence-corrected chi connectivity index (χ1v) is 5.31. The number of hydrogen-bond acceptors (Lipinski definition) is 3. The lowest BCUT2D eigenvalue weighted by atomic mass is 10.1. The van der Waals surface area contributed by atoms with E-state index in [4.69, 9.17) is 4.74 Å². The Bertz CT molecular complexity index is 660. The third kappa shape index (κ3) is 1.73. The first-order valence-electron chi connectivity index (χ1n) is 5.31. The molecule has 0 unspecified atom stereocenters. The van der Waals surface area contributed by atoms with Gasteiger partial charge in [-0.3, -0.25) is 0 Å². The van der Waals surface area contributed by atoms with Crippen LogP contribution in [0.1, 0.15) is 0 Å². The SMILES string of the molecule is COc1nccc(-c2ccc3cc[nH]c3c2)n1. The molecular weight excluding hydrogens is 214 g/mol. The van der Waals surface area contributed by atoms with Crippen LogP contribution in [0.15, 0.2) is 42.7 Å². The van der Waals surface area contributed by atoms with Crippen LogP contribution in [-0.2, 0) is 0 Å². The van der Waals surface area contributed by atoms with Gasteiger partial charge in [0.1, 0.15) is 0 Å². The third-order valence-electron chi connectivity index (χ3n) is 2.67. The molecule has 0 bridgehead atoms. The summed E-state index contributed by atoms with van der Waals surface area (Å²) in [5.74, 6) is 0. The van der Waals surface area contributed by atoms with Gasteiger partial charge in [-0.1, -0.05) is 12.1 Å². The van der Waals surface area contributed by atoms with Crippen LogP contribution >= 0.6 is 0 Å². The van der Waals surface area contributed by atoms with Gasteiger partial charge in [0.15, 0.2) is 0 Å². The van der Waals surface area contributed by atoms with Crippen molar-refractivity contribution in [1.82, 2.24) is 15.0 Å². The number of ether oxygens (including phenoxy) is 1. The Morgan fingerprint density at radius 1 is 1.18 bits per heavy atom. The van der Waals surface area contributed by atoms with E-state index in [9.17, 15) is 0 Å². The van der Waals surface area contributed by atoms with E-state index in [1.165, 1.54) is 5.39 Å². The summed E-state index contributed by atoms with van der Waals surface area (Å²) >= 11 is 0. The van der Waals surface area contributed by atoms with Crippen molar-refractivity contribution in [2.24, 2.45) is 0 Å². The average Bonchev–Trinajstić information content (AvgIpc) is 2.86. The van der Waals surface area contributed by atoms with Crippen LogP contribution in [0.3, 0.4) is 0 Å². The Balaban J connectivity index is 2.12. The van der Waals surface area contributed by atoms with Crippen LogP contribution < -0.4 is 4.74 Å². The summed E-state index contributed by atoms with van der Waals surface area (Å²) in [6.07, 6.45) is 3.62. The molecule has 0 aliphatic rings. The first-order chi connectivity index (χ1) is 8.36. The molecule has 1 N–H and O–H groups in total. The quantitative estimate of drug-likeness (QED) is 0.729. The normalized spacial score (nSPS) is 10.6. The summed E-state index contributed by atoms with van der Waals surface area (Å²) in [6, 6.07) is 10.5. The maximum Gasteiger partial charge on any atom is 0.316 e. The lowest BCUT2D eigenvalue weighted by Gasteiger charge is -2.02. The minimum Gasteiger partial charge on any atom is -0.467 e. The predicted molar refractivity (Wildman–Crippen MR) is 65.9 cm³/mol. The second-order valence-corrected chi connectivity index (χ2v) is 3.71. The van der Waals surface area contributed by atoms with E-state index < -0.39 is 0 Å². The van der Waals surface area contributed by atoms with Gasteiger partial charge in [0, 0.05) is 23.5 Å². The Labute approximate surface area is 98.3 Å². The van der Waals surface area contributed by atoms with E-state index in [2.05, 4.69) is 27.1 Å². The van der Waals surface area contributed by atoms with E-state index in [0.29, 0.717) is 6.01 Å². The molecule has 0 spiro atoms. The highest BCUT2D eigenvalue weighted by Gasteiger charge is 2.03. The van der Waals surface area contributed by atoms with Crippen LogP contribution in [-0.4, -0.2) is 22.1 Å². The lowest BCUT2D eigenvalue weighted by Crippen LogP contribution is -1.92. The van der Waals surface area contributed by atoms with Crippen molar-refractivity contribution in [3.05, 3.63) is 42.7 Å². The Morgan fingerprint density at radius 3 is 3.00 bits per heavy atom. The van der Waals surface area contributed by atoms with Crippen molar-refractivity contribution in [3.8, 4) is 17.3 Å². The van der Waals surface area contributed by atoms with Gasteiger partial charge in [0.25, 0.3) is 0 Å². The number of methoxy groups -OCH3 is 1. The van der Waals surface area contributed by atoms with Crippen molar-refractivity contribution >= 4 is 10.9 Å². The number of aromatic nitrogens is 3. The highest BCUT2D eigenvalue weighted by Crippen LogP contribution is 2.22. The molecule has 0 aliphatic heterocycles. The molecule has 2 aromatic heterocycles. The summed E-state index contributed by atoms with van der Waals surface area (Å²) in [7, 11) is 1.56. The molecule has 0 aliphatic carbocycles. The number of hydrogen-bond donors (Lipinski definition) is 1. The summed E-state index contributed by atoms with van der Waals surface area (Å²) in [6.45, 7) is 0. The van der Waals surface area contributed by atoms with E-state index in [0.717, 1.165) is 16.8 Å². The van der Waals surface area contributed by atoms with Crippen LogP contribution in [0.5, 0.6) is 6.01 Å². The number of fused-ring (bicyclic) bond motifs is 1. The molecule has 0 amide bonds. The van der Waals surface area contributed by atoms with Gasteiger partial charge in [-0.2, -0.15) is 4.98 Å². The zero-order valence-corrected chi connectivity index (χ0v) is 9.34. The van der Waals surface area contributed by atoms with Crippen LogP contribution in [0, 0.1) is 0 Å². The van der Waals surface area contributed by atoms with E-state index in [1.54, 1.807) is 13.3 Å². The fourth-order valence-electron chi connectivity index (χ4n) is 1.81. The number of H-pyrrole nitrogens is 1. The first kappa shape index (κ1) is 9.84. The Kier molecular flexibility index (Phi) is 2.26. The highest BCUT2D eigenvalue weighted by atomic mass is 16.5. The molecule has 0 radical (unpaired) electrons. The summed E-state index contributed by atoms with van der Waals surface area (Å²) in [5.41, 5.74) is 2.99. The van der Waals surface area contributed by atoms with Crippen molar-refractivity contribution in [3.63, 3.8) is 0 Å². The molecule has 0 atom stereocenters. The third-order valence-corrected chi connectivity index (χ3v) is 2.67. The standard InChI is InChI=1S/C13H11N3O/c1-17-13-15-7-5-11(16-13)10-3-2-9-4-6-14-12(9)8-10/h2-8,14H,1H3. The molecule has 4 nitrogen and oxygen atoms in total. The number of rotatable bonds is 2. The Hall–Kier alpha value is -2.36. The lowest BCUT2D eigenvalue weighted by molar-refractivity contribution is 0.380. The maximum absolute atomic E-state index is 5.02. The van der Waals surface area contributed by atoms with Gasteiger partial charge in [-0.25, -0.2) is 4.98 Å². The number of nitrogens with one attached hydrogen (secondary N) is 1. The fraction of sp³-hybridized carbons (Fsp3) is 0.0769. The number of nitrogens with zero attached hydrogens (tertiary/aromatic N) is 2. The molecule has 0 fully saturated rings. The zero-order chi connectivity index (χ0) is 11.7. The van der Waals surface area contributed by atoms with Gasteiger partial charge < -0.3 is 9.72 Å². The summed E-state index contributed by atoms with van der Waals surface area (Å²) < 4.78 is 5.02. The van der Waals surface area contributed by atoms with Crippen molar-refractivity contribution in [2.45, 2.75) is 0 Å². The van der Waals surface area contributed by atoms with E-state index >= 15 is 0 Å². The summed E-state index contributed by atoms with van der Waals surface area (Å²) in [5, 5.41) is 1.19. The molecule has 0 saturated carbocycles. The van der Waals surface area contributed by atoms with Crippen molar-refractivity contribution in [1.29, 1.82) is 0 Å². The molecular formula is C13H11N3O. The van der Waals surface area contributed by atoms with Gasteiger partial charge >= 0.3 is 6.01 Å². The van der Waals surface area contributed by atoms with Gasteiger partial charge in [-0.15, -0.1) is 0 Å². The largest absolute Gasteiger partial charge is 0.467 e. The molecule has 84 valence electrons. The molecule has 3 aromatic rings. The monoisotopic (exact) mass is 225 g/mol. The van der Waals surface area contributed by atoms with Crippen LogP contribution in [0.2, 0.25) is 0 Å². The van der Waals surface area contributed by atoms with Gasteiger partial charge in [0.2, 0.25) is 0 Å². The topological polar surface area (TPSA) is 50.8 Å². The zero-order valence-electron chi connectivity index (χ0n) is 9.34. The summed E-state index contributed by atoms with van der Waals surface area (Å²) in [4.78, 5) is 11.5. The predicted octanol–water partition coefficient (Wildman–Crippen LogP) is 2.63. The van der Waals surface area contributed by atoms with Crippen molar-refractivity contribution < 1.29 is 4.74 Å². The van der Waals surface area contributed by atoms with Gasteiger partial charge in [0.05, 0.1) is 12.8 Å². The van der Waals surface area contributed by atoms with E-state index in [-0.39, 0.29) is 0 Å². The number of aromatic amines is 1. The minimum absolute atomic E-state index is 0.383. The molecule has 4 heteroatoms. The van der Waals surface area contributed by atoms with Crippen molar-refractivity contribution in [2.75, 3.05) is 7.11 Å².